The van der Waals surface area contributed by atoms with Crippen molar-refractivity contribution in [2.75, 3.05) is 41.2 Å². The lowest BCUT2D eigenvalue weighted by molar-refractivity contribution is 0.0978. The van der Waals surface area contributed by atoms with Crippen molar-refractivity contribution >= 4 is 17.5 Å². The summed E-state index contributed by atoms with van der Waals surface area (Å²) >= 11 is 0. The van der Waals surface area contributed by atoms with Gasteiger partial charge in [-0.15, -0.1) is 0 Å². The first-order chi connectivity index (χ1) is 14.1. The van der Waals surface area contributed by atoms with Crippen LogP contribution in [0.2, 0.25) is 0 Å². The summed E-state index contributed by atoms with van der Waals surface area (Å²) in [6.45, 7) is -0.522. The van der Waals surface area contributed by atoms with Gasteiger partial charge in [0.1, 0.15) is 17.9 Å². The third-order valence-electron chi connectivity index (χ3n) is 4.76. The van der Waals surface area contributed by atoms with E-state index in [1.165, 1.54) is 0 Å². The van der Waals surface area contributed by atoms with Crippen LogP contribution in [-0.2, 0) is 4.74 Å². The molecule has 154 valence electrons. The van der Waals surface area contributed by atoms with Gasteiger partial charge in [0, 0.05) is 17.2 Å². The summed E-state index contributed by atoms with van der Waals surface area (Å²) in [5.74, 6) is 2.04. The number of hydrogen-bond acceptors (Lipinski definition) is 7. The maximum Gasteiger partial charge on any atom is 0.217 e. The van der Waals surface area contributed by atoms with Gasteiger partial charge in [0.05, 0.1) is 34.5 Å². The minimum Gasteiger partial charge on any atom is -0.496 e. The van der Waals surface area contributed by atoms with Crippen molar-refractivity contribution in [1.29, 1.82) is 0 Å². The average molecular weight is 399 g/mol. The van der Waals surface area contributed by atoms with Crippen molar-refractivity contribution in [3.05, 3.63) is 53.6 Å². The van der Waals surface area contributed by atoms with Crippen molar-refractivity contribution in [3.63, 3.8) is 0 Å². The van der Waals surface area contributed by atoms with E-state index < -0.39 is 5.54 Å². The van der Waals surface area contributed by atoms with Crippen molar-refractivity contribution in [3.8, 4) is 17.2 Å². The van der Waals surface area contributed by atoms with Crippen LogP contribution in [0.1, 0.15) is 11.1 Å². The number of rotatable bonds is 8. The Morgan fingerprint density at radius 2 is 1.62 bits per heavy atom. The second-order valence-electron chi connectivity index (χ2n) is 6.62. The Labute approximate surface area is 169 Å². The summed E-state index contributed by atoms with van der Waals surface area (Å²) in [4.78, 5) is 4.49. The summed E-state index contributed by atoms with van der Waals surface area (Å²) in [6, 6.07) is 13.2. The normalized spacial score (nSPS) is 15.5. The number of aliphatic hydroxyl groups excluding tert-OH is 2. The van der Waals surface area contributed by atoms with Crippen molar-refractivity contribution < 1.29 is 29.2 Å². The molecule has 29 heavy (non-hydrogen) atoms. The first-order valence-corrected chi connectivity index (χ1v) is 9.11. The molecule has 0 fully saturated rings. The molecule has 0 unspecified atom stereocenters. The second kappa shape index (κ2) is 8.98. The smallest absolute Gasteiger partial charge is 0.217 e. The van der Waals surface area contributed by atoms with E-state index in [0.717, 1.165) is 11.1 Å². The van der Waals surface area contributed by atoms with Crippen LogP contribution in [-0.4, -0.2) is 62.8 Å². The van der Waals surface area contributed by atoms with Crippen molar-refractivity contribution in [1.82, 2.24) is 0 Å². The Hall–Kier alpha value is -3.03. The van der Waals surface area contributed by atoms with Crippen LogP contribution < -0.4 is 14.2 Å². The molecule has 2 aromatic carbocycles. The van der Waals surface area contributed by atoms with Gasteiger partial charge in [0.15, 0.2) is 11.5 Å². The summed E-state index contributed by atoms with van der Waals surface area (Å²) in [5.41, 5.74) is 1.25. The Morgan fingerprint density at radius 3 is 2.17 bits per heavy atom. The standard InChI is InChI=1S/C22H25NO6/c1-26-18-11-20(28-3)19(27-2)10-16(18)9-17(15-7-5-4-6-8-15)21-23-22(12-24,13-25)14-29-21/h4-11,24-25H,12-14H2,1-3H3. The fourth-order valence-electron chi connectivity index (χ4n) is 3.04. The van der Waals surface area contributed by atoms with Gasteiger partial charge < -0.3 is 29.2 Å². The van der Waals surface area contributed by atoms with E-state index >= 15 is 0 Å². The molecule has 0 aliphatic carbocycles. The number of methoxy groups -OCH3 is 3. The SMILES string of the molecule is COc1cc(OC)c(OC)cc1C=C(C1=NC(CO)(CO)CO1)c1ccccc1. The third-order valence-corrected chi connectivity index (χ3v) is 4.76. The molecule has 0 aromatic heterocycles. The van der Waals surface area contributed by atoms with Crippen molar-refractivity contribution in [2.45, 2.75) is 5.54 Å². The minimum atomic E-state index is -1.05. The molecule has 0 bridgehead atoms. The molecular formula is C22H25NO6. The largest absolute Gasteiger partial charge is 0.496 e. The van der Waals surface area contributed by atoms with Gasteiger partial charge >= 0.3 is 0 Å². The first kappa shape index (κ1) is 20.7. The molecule has 3 rings (SSSR count). The Kier molecular flexibility index (Phi) is 6.41. The Morgan fingerprint density at radius 1 is 1.00 bits per heavy atom. The molecular weight excluding hydrogens is 374 g/mol. The van der Waals surface area contributed by atoms with Gasteiger partial charge in [-0.25, -0.2) is 4.99 Å². The molecule has 0 saturated heterocycles. The van der Waals surface area contributed by atoms with E-state index in [2.05, 4.69) is 4.99 Å². The summed E-state index contributed by atoms with van der Waals surface area (Å²) < 4.78 is 22.1. The van der Waals surface area contributed by atoms with Crippen LogP contribution in [0.15, 0.2) is 47.5 Å². The highest BCUT2D eigenvalue weighted by Crippen LogP contribution is 2.37. The van der Waals surface area contributed by atoms with Crippen LogP contribution in [0, 0.1) is 0 Å². The molecule has 0 saturated carbocycles. The van der Waals surface area contributed by atoms with Crippen LogP contribution in [0.4, 0.5) is 0 Å². The van der Waals surface area contributed by atoms with Crippen LogP contribution >= 0.6 is 0 Å². The van der Waals surface area contributed by atoms with Crippen LogP contribution in [0.5, 0.6) is 17.2 Å². The van der Waals surface area contributed by atoms with Gasteiger partial charge in [-0.05, 0) is 17.7 Å². The van der Waals surface area contributed by atoms with Gasteiger partial charge in [0.2, 0.25) is 5.90 Å². The van der Waals surface area contributed by atoms with Gasteiger partial charge in [-0.3, -0.25) is 0 Å². The van der Waals surface area contributed by atoms with Gasteiger partial charge in [0.25, 0.3) is 0 Å². The maximum absolute atomic E-state index is 9.67. The highest BCUT2D eigenvalue weighted by atomic mass is 16.5. The highest BCUT2D eigenvalue weighted by Gasteiger charge is 2.37. The number of hydrogen-bond donors (Lipinski definition) is 2. The van der Waals surface area contributed by atoms with Crippen LogP contribution in [0.3, 0.4) is 0 Å². The molecule has 7 nitrogen and oxygen atoms in total. The topological polar surface area (TPSA) is 89.7 Å². The molecule has 2 N–H and O–H groups in total. The number of aliphatic imine (C=N–C) groups is 1. The zero-order chi connectivity index (χ0) is 20.9. The lowest BCUT2D eigenvalue weighted by Crippen LogP contribution is -2.37. The average Bonchev–Trinajstić information content (AvgIpc) is 3.22. The van der Waals surface area contributed by atoms with E-state index in [4.69, 9.17) is 18.9 Å². The highest BCUT2D eigenvalue weighted by molar-refractivity contribution is 6.25. The molecule has 7 heteroatoms. The first-order valence-electron chi connectivity index (χ1n) is 9.11. The number of benzene rings is 2. The fourth-order valence-corrected chi connectivity index (χ4v) is 3.04. The van der Waals surface area contributed by atoms with Gasteiger partial charge in [-0.2, -0.15) is 0 Å². The predicted octanol–water partition coefficient (Wildman–Crippen LogP) is 2.41. The summed E-state index contributed by atoms with van der Waals surface area (Å²) in [6.07, 6.45) is 1.87. The quantitative estimate of drug-likeness (QED) is 0.663. The summed E-state index contributed by atoms with van der Waals surface area (Å²) in [7, 11) is 4.70. The molecule has 1 heterocycles. The second-order valence-corrected chi connectivity index (χ2v) is 6.62. The minimum absolute atomic E-state index is 0.0998. The molecule has 0 radical (unpaired) electrons. The number of ether oxygens (including phenoxy) is 4. The molecule has 0 amide bonds. The lowest BCUT2D eigenvalue weighted by atomic mass is 10.0. The zero-order valence-electron chi connectivity index (χ0n) is 16.7. The van der Waals surface area contributed by atoms with E-state index in [0.29, 0.717) is 28.7 Å². The fraction of sp³-hybridized carbons (Fsp3) is 0.318. The maximum atomic E-state index is 9.67. The Bertz CT molecular complexity index is 903. The predicted molar refractivity (Wildman–Crippen MR) is 111 cm³/mol. The number of aliphatic hydroxyl groups is 2. The van der Waals surface area contributed by atoms with E-state index in [1.54, 1.807) is 33.5 Å². The van der Waals surface area contributed by atoms with E-state index in [-0.39, 0.29) is 19.8 Å². The van der Waals surface area contributed by atoms with Crippen molar-refractivity contribution in [2.24, 2.45) is 4.99 Å². The molecule has 2 aromatic rings. The molecule has 0 spiro atoms. The zero-order valence-corrected chi connectivity index (χ0v) is 16.7. The monoisotopic (exact) mass is 399 g/mol. The van der Waals surface area contributed by atoms with E-state index in [1.807, 2.05) is 36.4 Å². The van der Waals surface area contributed by atoms with Gasteiger partial charge in [-0.1, -0.05) is 30.3 Å². The van der Waals surface area contributed by atoms with E-state index in [9.17, 15) is 10.2 Å². The lowest BCUT2D eigenvalue weighted by Gasteiger charge is -2.16. The molecule has 1 aliphatic heterocycles. The molecule has 0 atom stereocenters. The molecule has 1 aliphatic rings. The Balaban J connectivity index is 2.17. The third kappa shape index (κ3) is 4.21. The van der Waals surface area contributed by atoms with Crippen LogP contribution in [0.25, 0.3) is 11.6 Å². The number of nitrogens with zero attached hydrogens (tertiary/aromatic N) is 1. The summed E-state index contributed by atoms with van der Waals surface area (Å²) in [5, 5.41) is 19.3.